The first-order valence-corrected chi connectivity index (χ1v) is 8.08. The highest BCUT2D eigenvalue weighted by molar-refractivity contribution is 5.92. The maximum absolute atomic E-state index is 13.7. The van der Waals surface area contributed by atoms with Crippen molar-refractivity contribution in [3.05, 3.63) is 83.6 Å². The topological polar surface area (TPSA) is 66.9 Å². The lowest BCUT2D eigenvalue weighted by Gasteiger charge is -2.09. The van der Waals surface area contributed by atoms with Crippen LogP contribution in [-0.4, -0.2) is 22.4 Å². The minimum Gasteiger partial charge on any atom is -0.350 e. The summed E-state index contributed by atoms with van der Waals surface area (Å²) in [6.45, 7) is 0.319. The van der Waals surface area contributed by atoms with E-state index in [1.165, 1.54) is 24.3 Å². The summed E-state index contributed by atoms with van der Waals surface area (Å²) < 4.78 is 40.3. The van der Waals surface area contributed by atoms with Crippen molar-refractivity contribution in [2.24, 2.45) is 0 Å². The van der Waals surface area contributed by atoms with Crippen molar-refractivity contribution in [2.45, 2.75) is 6.42 Å². The van der Waals surface area contributed by atoms with E-state index in [-0.39, 0.29) is 23.0 Å². The molecular weight excluding hydrogens is 357 g/mol. The minimum absolute atomic E-state index is 0.0448. The fourth-order valence-corrected chi connectivity index (χ4v) is 2.36. The molecule has 0 saturated heterocycles. The van der Waals surface area contributed by atoms with E-state index in [2.05, 4.69) is 20.6 Å². The van der Waals surface area contributed by atoms with Crippen LogP contribution >= 0.6 is 0 Å². The van der Waals surface area contributed by atoms with Gasteiger partial charge in [-0.3, -0.25) is 4.79 Å². The van der Waals surface area contributed by atoms with Crippen molar-refractivity contribution in [1.29, 1.82) is 0 Å². The van der Waals surface area contributed by atoms with Crippen LogP contribution in [0.15, 0.2) is 54.9 Å². The number of nitrogens with zero attached hydrogens (tertiary/aromatic N) is 2. The van der Waals surface area contributed by atoms with Gasteiger partial charge in [-0.2, -0.15) is 0 Å². The number of para-hydroxylation sites is 1. The van der Waals surface area contributed by atoms with Gasteiger partial charge in [0.15, 0.2) is 0 Å². The molecule has 1 aromatic heterocycles. The second-order valence-corrected chi connectivity index (χ2v) is 5.64. The first-order valence-electron chi connectivity index (χ1n) is 8.08. The van der Waals surface area contributed by atoms with E-state index in [0.717, 1.165) is 24.0 Å². The summed E-state index contributed by atoms with van der Waals surface area (Å²) >= 11 is 0. The number of halogens is 3. The lowest BCUT2D eigenvalue weighted by atomic mass is 10.1. The molecule has 27 heavy (non-hydrogen) atoms. The Hall–Kier alpha value is -3.42. The molecule has 0 aliphatic rings. The van der Waals surface area contributed by atoms with E-state index in [4.69, 9.17) is 0 Å². The zero-order chi connectivity index (χ0) is 19.2. The Kier molecular flexibility index (Phi) is 5.65. The predicted molar refractivity (Wildman–Crippen MR) is 94.1 cm³/mol. The van der Waals surface area contributed by atoms with Gasteiger partial charge in [0, 0.05) is 12.6 Å². The fraction of sp³-hybridized carbons (Fsp3) is 0.105. The number of amides is 1. The van der Waals surface area contributed by atoms with Gasteiger partial charge in [0.25, 0.3) is 5.91 Å². The van der Waals surface area contributed by atoms with Crippen molar-refractivity contribution < 1.29 is 18.0 Å². The normalized spacial score (nSPS) is 10.5. The number of anilines is 2. The van der Waals surface area contributed by atoms with Crippen LogP contribution in [0.1, 0.15) is 16.1 Å². The van der Waals surface area contributed by atoms with Crippen molar-refractivity contribution in [1.82, 2.24) is 15.3 Å². The third-order valence-electron chi connectivity index (χ3n) is 3.73. The van der Waals surface area contributed by atoms with Crippen LogP contribution in [0.3, 0.4) is 0 Å². The number of rotatable bonds is 6. The van der Waals surface area contributed by atoms with Crippen LogP contribution < -0.4 is 10.6 Å². The Balaban J connectivity index is 1.62. The van der Waals surface area contributed by atoms with Crippen LogP contribution in [0.25, 0.3) is 0 Å². The molecule has 1 amide bonds. The molecule has 2 aromatic carbocycles. The number of carbonyl (C=O) groups is 1. The number of nitrogens with one attached hydrogen (secondary N) is 2. The van der Waals surface area contributed by atoms with Gasteiger partial charge in [-0.15, -0.1) is 0 Å². The van der Waals surface area contributed by atoms with E-state index < -0.39 is 17.5 Å². The Bertz CT molecular complexity index is 928. The summed E-state index contributed by atoms with van der Waals surface area (Å²) in [4.78, 5) is 19.9. The van der Waals surface area contributed by atoms with Gasteiger partial charge < -0.3 is 10.6 Å². The molecule has 0 fully saturated rings. The Morgan fingerprint density at radius 2 is 1.67 bits per heavy atom. The zero-order valence-electron chi connectivity index (χ0n) is 14.0. The average molecular weight is 372 g/mol. The van der Waals surface area contributed by atoms with E-state index in [1.807, 2.05) is 0 Å². The number of benzene rings is 2. The Labute approximate surface area is 153 Å². The molecule has 3 aromatic rings. The second kappa shape index (κ2) is 8.31. The number of carbonyl (C=O) groups excluding carboxylic acids is 1. The average Bonchev–Trinajstić information content (AvgIpc) is 2.66. The summed E-state index contributed by atoms with van der Waals surface area (Å²) in [5.41, 5.74) is 0.555. The van der Waals surface area contributed by atoms with Crippen LogP contribution in [-0.2, 0) is 6.42 Å². The highest BCUT2D eigenvalue weighted by atomic mass is 19.1. The van der Waals surface area contributed by atoms with Crippen LogP contribution in [0.4, 0.5) is 24.7 Å². The van der Waals surface area contributed by atoms with Crippen LogP contribution in [0.2, 0.25) is 0 Å². The summed E-state index contributed by atoms with van der Waals surface area (Å²) in [6, 6.07) is 10.7. The monoisotopic (exact) mass is 372 g/mol. The largest absolute Gasteiger partial charge is 0.350 e. The third kappa shape index (κ3) is 4.81. The predicted octanol–water partition coefficient (Wildman–Crippen LogP) is 3.61. The fourth-order valence-electron chi connectivity index (χ4n) is 2.36. The van der Waals surface area contributed by atoms with Gasteiger partial charge in [-0.05, 0) is 36.2 Å². The molecule has 0 bridgehead atoms. The van der Waals surface area contributed by atoms with Crippen LogP contribution in [0, 0.1) is 17.5 Å². The van der Waals surface area contributed by atoms with Gasteiger partial charge in [-0.1, -0.05) is 18.2 Å². The van der Waals surface area contributed by atoms with Gasteiger partial charge >= 0.3 is 0 Å². The number of hydrogen-bond acceptors (Lipinski definition) is 4. The first kappa shape index (κ1) is 18.4. The molecule has 0 saturated carbocycles. The standard InChI is InChI=1S/C19H15F3N4O/c20-13-6-4-12(5-7-13)8-9-23-19(27)16-10-17(25-11-24-16)26-18-14(21)2-1-3-15(18)22/h1-7,10-11H,8-9H2,(H,23,27)(H,24,25,26). The molecule has 0 aliphatic carbocycles. The van der Waals surface area contributed by atoms with E-state index in [1.54, 1.807) is 12.1 Å². The molecule has 2 N–H and O–H groups in total. The van der Waals surface area contributed by atoms with Crippen molar-refractivity contribution in [3.63, 3.8) is 0 Å². The molecule has 0 atom stereocenters. The molecule has 138 valence electrons. The highest BCUT2D eigenvalue weighted by Crippen LogP contribution is 2.21. The van der Waals surface area contributed by atoms with Crippen molar-refractivity contribution in [3.8, 4) is 0 Å². The molecular formula is C19H15F3N4O. The Morgan fingerprint density at radius 3 is 2.37 bits per heavy atom. The minimum atomic E-state index is -0.779. The maximum Gasteiger partial charge on any atom is 0.270 e. The van der Waals surface area contributed by atoms with Crippen LogP contribution in [0.5, 0.6) is 0 Å². The van der Waals surface area contributed by atoms with Crippen molar-refractivity contribution in [2.75, 3.05) is 11.9 Å². The summed E-state index contributed by atoms with van der Waals surface area (Å²) in [5, 5.41) is 5.18. The van der Waals surface area contributed by atoms with E-state index >= 15 is 0 Å². The second-order valence-electron chi connectivity index (χ2n) is 5.64. The van der Waals surface area contributed by atoms with Gasteiger partial charge in [0.1, 0.15) is 41.0 Å². The van der Waals surface area contributed by atoms with Gasteiger partial charge in [0.2, 0.25) is 0 Å². The van der Waals surface area contributed by atoms with E-state index in [9.17, 15) is 18.0 Å². The lowest BCUT2D eigenvalue weighted by molar-refractivity contribution is 0.0949. The molecule has 0 radical (unpaired) electrons. The number of aromatic nitrogens is 2. The lowest BCUT2D eigenvalue weighted by Crippen LogP contribution is -2.26. The summed E-state index contributed by atoms with van der Waals surface area (Å²) in [7, 11) is 0. The molecule has 0 spiro atoms. The van der Waals surface area contributed by atoms with E-state index in [0.29, 0.717) is 13.0 Å². The first-order chi connectivity index (χ1) is 13.0. The zero-order valence-corrected chi connectivity index (χ0v) is 14.0. The summed E-state index contributed by atoms with van der Waals surface area (Å²) in [5.74, 6) is -2.26. The Morgan fingerprint density at radius 1 is 0.963 bits per heavy atom. The quantitative estimate of drug-likeness (QED) is 0.694. The summed E-state index contributed by atoms with van der Waals surface area (Å²) in [6.07, 6.45) is 1.64. The molecule has 8 heteroatoms. The highest BCUT2D eigenvalue weighted by Gasteiger charge is 2.12. The molecule has 3 rings (SSSR count). The molecule has 5 nitrogen and oxygen atoms in total. The third-order valence-corrected chi connectivity index (χ3v) is 3.73. The molecule has 0 unspecified atom stereocenters. The maximum atomic E-state index is 13.7. The molecule has 1 heterocycles. The van der Waals surface area contributed by atoms with Gasteiger partial charge in [-0.25, -0.2) is 23.1 Å². The van der Waals surface area contributed by atoms with Gasteiger partial charge in [0.05, 0.1) is 0 Å². The number of hydrogen-bond donors (Lipinski definition) is 2. The van der Waals surface area contributed by atoms with Crippen molar-refractivity contribution >= 4 is 17.4 Å². The SMILES string of the molecule is O=C(NCCc1ccc(F)cc1)c1cc(Nc2c(F)cccc2F)ncn1. The molecule has 0 aliphatic heterocycles. The smallest absolute Gasteiger partial charge is 0.270 e.